The second-order valence-electron chi connectivity index (χ2n) is 6.28. The van der Waals surface area contributed by atoms with Crippen LogP contribution in [0.4, 0.5) is 10.1 Å². The molecule has 3 aromatic rings. The minimum Gasteiger partial charge on any atom is -0.494 e. The third-order valence-electron chi connectivity index (χ3n) is 4.08. The summed E-state index contributed by atoms with van der Waals surface area (Å²) in [7, 11) is 0. The van der Waals surface area contributed by atoms with Crippen molar-refractivity contribution in [1.29, 1.82) is 0 Å². The fraction of sp³-hybridized carbons (Fsp3) is 0.238. The first-order valence-electron chi connectivity index (χ1n) is 9.42. The molecule has 3 rings (SSSR count). The highest BCUT2D eigenvalue weighted by molar-refractivity contribution is 7.13. The summed E-state index contributed by atoms with van der Waals surface area (Å²) in [5.74, 6) is -0.191. The molecule has 0 saturated carbocycles. The van der Waals surface area contributed by atoms with Gasteiger partial charge in [0.2, 0.25) is 10.9 Å². The summed E-state index contributed by atoms with van der Waals surface area (Å²) in [5, 5.41) is 14.1. The SMILES string of the molecule is CCOc1ccccc1CNC(=O)CCc1nnc(C(=O)Nc2ccc(F)cc2)s1. The number of para-hydroxylation sites is 1. The average Bonchev–Trinajstić information content (AvgIpc) is 3.23. The van der Waals surface area contributed by atoms with E-state index in [0.717, 1.165) is 22.6 Å². The van der Waals surface area contributed by atoms with Crippen molar-refractivity contribution in [3.05, 3.63) is 69.9 Å². The van der Waals surface area contributed by atoms with Gasteiger partial charge in [-0.25, -0.2) is 4.39 Å². The molecule has 2 N–H and O–H groups in total. The lowest BCUT2D eigenvalue weighted by molar-refractivity contribution is -0.121. The zero-order chi connectivity index (χ0) is 21.3. The highest BCUT2D eigenvalue weighted by atomic mass is 32.1. The zero-order valence-electron chi connectivity index (χ0n) is 16.4. The molecule has 7 nitrogen and oxygen atoms in total. The van der Waals surface area contributed by atoms with Crippen LogP contribution >= 0.6 is 11.3 Å². The second kappa shape index (κ2) is 10.4. The van der Waals surface area contributed by atoms with Crippen LogP contribution in [-0.2, 0) is 17.8 Å². The van der Waals surface area contributed by atoms with E-state index in [4.69, 9.17) is 4.74 Å². The van der Waals surface area contributed by atoms with Crippen molar-refractivity contribution < 1.29 is 18.7 Å². The summed E-state index contributed by atoms with van der Waals surface area (Å²) in [6, 6.07) is 13.0. The molecule has 0 aliphatic rings. The molecule has 1 heterocycles. The Morgan fingerprint density at radius 3 is 2.63 bits per heavy atom. The van der Waals surface area contributed by atoms with Gasteiger partial charge in [0, 0.05) is 30.6 Å². The van der Waals surface area contributed by atoms with Gasteiger partial charge in [-0.15, -0.1) is 10.2 Å². The van der Waals surface area contributed by atoms with Gasteiger partial charge in [-0.1, -0.05) is 29.5 Å². The maximum absolute atomic E-state index is 12.9. The Balaban J connectivity index is 1.47. The Kier molecular flexibility index (Phi) is 7.45. The first-order valence-corrected chi connectivity index (χ1v) is 10.2. The van der Waals surface area contributed by atoms with Crippen molar-refractivity contribution in [2.45, 2.75) is 26.3 Å². The number of aryl methyl sites for hydroxylation is 1. The van der Waals surface area contributed by atoms with Crippen LogP contribution in [-0.4, -0.2) is 28.6 Å². The van der Waals surface area contributed by atoms with Crippen molar-refractivity contribution in [3.63, 3.8) is 0 Å². The summed E-state index contributed by atoms with van der Waals surface area (Å²) in [4.78, 5) is 24.4. The lowest BCUT2D eigenvalue weighted by Crippen LogP contribution is -2.23. The number of amides is 2. The molecule has 9 heteroatoms. The maximum atomic E-state index is 12.9. The molecule has 0 radical (unpaired) electrons. The third kappa shape index (κ3) is 6.08. The lowest BCUT2D eigenvalue weighted by atomic mass is 10.2. The Morgan fingerprint density at radius 2 is 1.87 bits per heavy atom. The Bertz CT molecular complexity index is 1010. The normalized spacial score (nSPS) is 10.5. The van der Waals surface area contributed by atoms with E-state index in [-0.39, 0.29) is 23.2 Å². The largest absolute Gasteiger partial charge is 0.494 e. The van der Waals surface area contributed by atoms with Crippen molar-refractivity contribution in [1.82, 2.24) is 15.5 Å². The molecule has 0 aliphatic heterocycles. The highest BCUT2D eigenvalue weighted by Gasteiger charge is 2.14. The topological polar surface area (TPSA) is 93.2 Å². The summed E-state index contributed by atoms with van der Waals surface area (Å²) in [6.07, 6.45) is 0.603. The number of carbonyl (C=O) groups excluding carboxylic acids is 2. The number of nitrogens with one attached hydrogen (secondary N) is 2. The molecule has 2 aromatic carbocycles. The molecule has 2 amide bonds. The molecule has 1 aromatic heterocycles. The molecule has 0 atom stereocenters. The van der Waals surface area contributed by atoms with E-state index in [9.17, 15) is 14.0 Å². The summed E-state index contributed by atoms with van der Waals surface area (Å²) in [5.41, 5.74) is 1.37. The monoisotopic (exact) mass is 428 g/mol. The number of anilines is 1. The summed E-state index contributed by atoms with van der Waals surface area (Å²) < 4.78 is 18.5. The summed E-state index contributed by atoms with van der Waals surface area (Å²) >= 11 is 1.12. The van der Waals surface area contributed by atoms with Crippen LogP contribution in [0.15, 0.2) is 48.5 Å². The van der Waals surface area contributed by atoms with Crippen LogP contribution in [0.3, 0.4) is 0 Å². The van der Waals surface area contributed by atoms with Crippen LogP contribution in [0.5, 0.6) is 5.75 Å². The van der Waals surface area contributed by atoms with E-state index in [1.807, 2.05) is 31.2 Å². The van der Waals surface area contributed by atoms with E-state index in [1.54, 1.807) is 0 Å². The molecule has 0 bridgehead atoms. The zero-order valence-corrected chi connectivity index (χ0v) is 17.2. The minimum absolute atomic E-state index is 0.131. The fourth-order valence-corrected chi connectivity index (χ4v) is 3.35. The molecule has 0 unspecified atom stereocenters. The van der Waals surface area contributed by atoms with Gasteiger partial charge >= 0.3 is 0 Å². The van der Waals surface area contributed by atoms with Crippen molar-refractivity contribution in [3.8, 4) is 5.75 Å². The van der Waals surface area contributed by atoms with Gasteiger partial charge in [-0.05, 0) is 37.3 Å². The minimum atomic E-state index is -0.428. The lowest BCUT2D eigenvalue weighted by Gasteiger charge is -2.10. The van der Waals surface area contributed by atoms with Crippen LogP contribution in [0.25, 0.3) is 0 Å². The van der Waals surface area contributed by atoms with Gasteiger partial charge in [0.05, 0.1) is 6.61 Å². The molecule has 0 aliphatic carbocycles. The van der Waals surface area contributed by atoms with Crippen LogP contribution in [0.1, 0.15) is 33.7 Å². The number of carbonyl (C=O) groups is 2. The first kappa shape index (κ1) is 21.4. The molecule has 30 heavy (non-hydrogen) atoms. The molecule has 0 fully saturated rings. The molecule has 156 valence electrons. The number of ether oxygens (including phenoxy) is 1. The van der Waals surface area contributed by atoms with E-state index in [2.05, 4.69) is 20.8 Å². The number of hydrogen-bond donors (Lipinski definition) is 2. The van der Waals surface area contributed by atoms with Crippen molar-refractivity contribution in [2.24, 2.45) is 0 Å². The van der Waals surface area contributed by atoms with Crippen molar-refractivity contribution in [2.75, 3.05) is 11.9 Å². The second-order valence-corrected chi connectivity index (χ2v) is 7.34. The number of halogens is 1. The molecular formula is C21H21FN4O3S. The van der Waals surface area contributed by atoms with Gasteiger partial charge in [0.15, 0.2) is 0 Å². The summed E-state index contributed by atoms with van der Waals surface area (Å²) in [6.45, 7) is 2.83. The van der Waals surface area contributed by atoms with Gasteiger partial charge in [0.1, 0.15) is 16.6 Å². The van der Waals surface area contributed by atoms with Crippen molar-refractivity contribution >= 4 is 28.8 Å². The predicted molar refractivity (Wildman–Crippen MR) is 112 cm³/mol. The molecular weight excluding hydrogens is 407 g/mol. The Morgan fingerprint density at radius 1 is 1.10 bits per heavy atom. The van der Waals surface area contributed by atoms with E-state index in [1.165, 1.54) is 24.3 Å². The first-order chi connectivity index (χ1) is 14.5. The number of hydrogen-bond acceptors (Lipinski definition) is 6. The van der Waals surface area contributed by atoms with Gasteiger partial charge in [-0.3, -0.25) is 9.59 Å². The highest BCUT2D eigenvalue weighted by Crippen LogP contribution is 2.18. The number of rotatable bonds is 9. The third-order valence-corrected chi connectivity index (χ3v) is 5.06. The van der Waals surface area contributed by atoms with Gasteiger partial charge in [-0.2, -0.15) is 0 Å². The standard InChI is InChI=1S/C21H21FN4O3S/c1-2-29-17-6-4-3-5-14(17)13-23-18(27)11-12-19-25-26-21(30-19)20(28)24-16-9-7-15(22)8-10-16/h3-10H,2,11-13H2,1H3,(H,23,27)(H,24,28). The Labute approximate surface area is 177 Å². The predicted octanol–water partition coefficient (Wildman–Crippen LogP) is 3.58. The van der Waals surface area contributed by atoms with E-state index < -0.39 is 5.91 Å². The number of nitrogens with zero attached hydrogens (tertiary/aromatic N) is 2. The average molecular weight is 428 g/mol. The number of aromatic nitrogens is 2. The van der Waals surface area contributed by atoms with E-state index in [0.29, 0.717) is 30.3 Å². The maximum Gasteiger partial charge on any atom is 0.286 e. The van der Waals surface area contributed by atoms with Crippen LogP contribution < -0.4 is 15.4 Å². The fourth-order valence-electron chi connectivity index (χ4n) is 2.61. The van der Waals surface area contributed by atoms with Crippen LogP contribution in [0, 0.1) is 5.82 Å². The molecule has 0 saturated heterocycles. The Hall–Kier alpha value is -3.33. The quantitative estimate of drug-likeness (QED) is 0.543. The molecule has 0 spiro atoms. The van der Waals surface area contributed by atoms with Crippen LogP contribution in [0.2, 0.25) is 0 Å². The van der Waals surface area contributed by atoms with Gasteiger partial charge < -0.3 is 15.4 Å². The smallest absolute Gasteiger partial charge is 0.286 e. The van der Waals surface area contributed by atoms with E-state index >= 15 is 0 Å². The number of benzene rings is 2. The van der Waals surface area contributed by atoms with Gasteiger partial charge in [0.25, 0.3) is 5.91 Å².